The second kappa shape index (κ2) is 8.83. The number of nitrogens with zero attached hydrogens (tertiary/aromatic N) is 4. The van der Waals surface area contributed by atoms with Gasteiger partial charge in [-0.15, -0.1) is 3.77 Å². The van der Waals surface area contributed by atoms with E-state index in [-0.39, 0.29) is 34.1 Å². The van der Waals surface area contributed by atoms with Crippen molar-refractivity contribution in [1.82, 2.24) is 10.3 Å². The minimum absolute atomic E-state index is 0.00870. The highest BCUT2D eigenvalue weighted by Gasteiger charge is 2.18. The number of benzene rings is 1. The van der Waals surface area contributed by atoms with Crippen LogP contribution in [0.1, 0.15) is 5.69 Å². The fraction of sp³-hybridized carbons (Fsp3) is 0.308. The predicted molar refractivity (Wildman–Crippen MR) is 105 cm³/mol. The van der Waals surface area contributed by atoms with Crippen LogP contribution in [0.25, 0.3) is 0 Å². The number of oxime groups is 1. The van der Waals surface area contributed by atoms with Crippen molar-refractivity contribution >= 4 is 53.0 Å². The number of sulfonamides is 1. The largest absolute Gasteiger partial charge is 0.409 e. The molecular formula is C13H16BrFN6O5S2. The van der Waals surface area contributed by atoms with Crippen LogP contribution in [0.4, 0.5) is 15.9 Å². The Labute approximate surface area is 168 Å². The summed E-state index contributed by atoms with van der Waals surface area (Å²) in [7, 11) is -6.73. The Morgan fingerprint density at radius 2 is 2.04 bits per heavy atom. The van der Waals surface area contributed by atoms with Gasteiger partial charge in [-0.3, -0.25) is 0 Å². The fourth-order valence-corrected chi connectivity index (χ4v) is 5.43. The van der Waals surface area contributed by atoms with Crippen molar-refractivity contribution in [3.63, 3.8) is 0 Å². The fourth-order valence-electron chi connectivity index (χ4n) is 1.98. The van der Waals surface area contributed by atoms with E-state index in [9.17, 15) is 22.2 Å². The Bertz CT molecular complexity index is 1110. The van der Waals surface area contributed by atoms with E-state index in [0.29, 0.717) is 5.69 Å². The molecule has 15 heteroatoms. The first-order valence-corrected chi connectivity index (χ1v) is 12.2. The first kappa shape index (κ1) is 22.0. The molecule has 0 bridgehead atoms. The van der Waals surface area contributed by atoms with Crippen LogP contribution in [-0.2, 0) is 19.8 Å². The lowest BCUT2D eigenvalue weighted by Crippen LogP contribution is -2.19. The summed E-state index contributed by atoms with van der Waals surface area (Å²) in [4.78, 5) is 0. The molecule has 0 fully saturated rings. The van der Waals surface area contributed by atoms with Gasteiger partial charge in [0.15, 0.2) is 5.69 Å². The third kappa shape index (κ3) is 6.42. The van der Waals surface area contributed by atoms with Crippen molar-refractivity contribution in [2.75, 3.05) is 35.4 Å². The van der Waals surface area contributed by atoms with Gasteiger partial charge in [0.05, 0.1) is 20.5 Å². The molecule has 1 atom stereocenters. The number of anilines is 2. The number of hydrogen-bond donors (Lipinski definition) is 3. The minimum atomic E-state index is -3.75. The van der Waals surface area contributed by atoms with Crippen LogP contribution in [0, 0.1) is 5.82 Å². The molecule has 0 saturated carbocycles. The highest BCUT2D eigenvalue weighted by atomic mass is 79.9. The second-order valence-electron chi connectivity index (χ2n) is 5.56. The Hall–Kier alpha value is -2.26. The van der Waals surface area contributed by atoms with E-state index in [0.717, 1.165) is 6.26 Å². The highest BCUT2D eigenvalue weighted by molar-refractivity contribution is 9.10. The second-order valence-corrected chi connectivity index (χ2v) is 10.8. The summed E-state index contributed by atoms with van der Waals surface area (Å²) in [5, 5.41) is 25.1. The number of halogens is 2. The predicted octanol–water partition coefficient (Wildman–Crippen LogP) is 1.69. The minimum Gasteiger partial charge on any atom is -0.409 e. The van der Waals surface area contributed by atoms with E-state index in [1.807, 2.05) is 0 Å². The van der Waals surface area contributed by atoms with Gasteiger partial charge in [0.1, 0.15) is 5.82 Å². The lowest BCUT2D eigenvalue weighted by atomic mass is 10.3. The van der Waals surface area contributed by atoms with Crippen LogP contribution in [-0.4, -0.2) is 58.8 Å². The summed E-state index contributed by atoms with van der Waals surface area (Å²) in [5.41, 5.74) is 0.379. The first-order chi connectivity index (χ1) is 13.0. The zero-order chi connectivity index (χ0) is 20.9. The molecule has 1 heterocycles. The average molecular weight is 499 g/mol. The van der Waals surface area contributed by atoms with Crippen molar-refractivity contribution < 1.29 is 26.9 Å². The number of nitrogens with one attached hydrogen (secondary N) is 2. The lowest BCUT2D eigenvalue weighted by molar-refractivity contribution is 0.305. The van der Waals surface area contributed by atoms with Gasteiger partial charge in [-0.2, -0.15) is 0 Å². The summed E-state index contributed by atoms with van der Waals surface area (Å²) in [6, 6.07) is 4.02. The molecule has 11 nitrogen and oxygen atoms in total. The molecule has 0 aliphatic carbocycles. The van der Waals surface area contributed by atoms with Gasteiger partial charge in [0, 0.05) is 24.2 Å². The maximum atomic E-state index is 13.3. The molecule has 0 radical (unpaired) electrons. The topological polar surface area (TPSA) is 159 Å². The van der Waals surface area contributed by atoms with Crippen molar-refractivity contribution in [3.05, 3.63) is 34.2 Å². The summed E-state index contributed by atoms with van der Waals surface area (Å²) in [6.07, 6.45) is 2.07. The number of amidine groups is 1. The quantitative estimate of drug-likeness (QED) is 0.223. The lowest BCUT2D eigenvalue weighted by Gasteiger charge is -2.09. The third-order valence-electron chi connectivity index (χ3n) is 3.06. The van der Waals surface area contributed by atoms with Crippen LogP contribution >= 0.6 is 15.9 Å². The molecule has 0 saturated heterocycles. The van der Waals surface area contributed by atoms with Gasteiger partial charge in [-0.1, -0.05) is 5.16 Å². The van der Waals surface area contributed by atoms with E-state index in [2.05, 4.69) is 50.4 Å². The zero-order valence-corrected chi connectivity index (χ0v) is 17.8. The maximum absolute atomic E-state index is 13.3. The van der Waals surface area contributed by atoms with Crippen LogP contribution in [0.3, 0.4) is 0 Å². The molecule has 3 N–H and O–H groups in total. The van der Waals surface area contributed by atoms with Gasteiger partial charge in [0.2, 0.25) is 11.7 Å². The Balaban J connectivity index is 2.12. The maximum Gasteiger partial charge on any atom is 0.257 e. The van der Waals surface area contributed by atoms with E-state index in [4.69, 9.17) is 0 Å². The standard InChI is InChI=1S/C13H16BrFN6O5S2/c1-27(23,21-28(2,24)25)6-5-16-12-11(19-26-20-12)13(18-22)17-8-3-4-10(15)9(14)7-8/h3-4,7,22H,5-6H2,1-2H3,(H,16,20)(H,17,18)/t27-/m1/s1. The Kier molecular flexibility index (Phi) is 6.95. The molecule has 28 heavy (non-hydrogen) atoms. The summed E-state index contributed by atoms with van der Waals surface area (Å²) >= 11 is 3.04. The summed E-state index contributed by atoms with van der Waals surface area (Å²) in [6.45, 7) is 0.0242. The van der Waals surface area contributed by atoms with Crippen molar-refractivity contribution in [2.24, 2.45) is 8.92 Å². The zero-order valence-electron chi connectivity index (χ0n) is 14.6. The van der Waals surface area contributed by atoms with Gasteiger partial charge in [-0.25, -0.2) is 21.6 Å². The molecule has 0 spiro atoms. The van der Waals surface area contributed by atoms with Crippen molar-refractivity contribution in [2.45, 2.75) is 0 Å². The van der Waals surface area contributed by atoms with Gasteiger partial charge < -0.3 is 15.8 Å². The summed E-state index contributed by atoms with van der Waals surface area (Å²) in [5.74, 6) is -0.673. The van der Waals surface area contributed by atoms with Crippen molar-refractivity contribution in [1.29, 1.82) is 0 Å². The SMILES string of the molecule is CS(=O)(=O)N=[S@](C)(=O)CCNc1nonc1/C(=N/O)Nc1ccc(F)c(Br)c1. The van der Waals surface area contributed by atoms with Crippen LogP contribution in [0.2, 0.25) is 0 Å². The van der Waals surface area contributed by atoms with Crippen molar-refractivity contribution in [3.8, 4) is 0 Å². The van der Waals surface area contributed by atoms with Gasteiger partial charge >= 0.3 is 0 Å². The number of rotatable bonds is 7. The van der Waals surface area contributed by atoms with Crippen LogP contribution < -0.4 is 10.6 Å². The van der Waals surface area contributed by atoms with Crippen LogP contribution in [0.15, 0.2) is 36.2 Å². The third-order valence-corrected chi connectivity index (χ3v) is 6.98. The van der Waals surface area contributed by atoms with Gasteiger partial charge in [0.25, 0.3) is 10.0 Å². The smallest absolute Gasteiger partial charge is 0.257 e. The van der Waals surface area contributed by atoms with E-state index < -0.39 is 25.6 Å². The molecular weight excluding hydrogens is 483 g/mol. The molecule has 1 aromatic carbocycles. The Morgan fingerprint density at radius 3 is 2.64 bits per heavy atom. The monoisotopic (exact) mass is 498 g/mol. The van der Waals surface area contributed by atoms with Gasteiger partial charge in [-0.05, 0) is 44.4 Å². The molecule has 0 aliphatic rings. The first-order valence-electron chi connectivity index (χ1n) is 7.43. The number of aromatic nitrogens is 2. The normalized spacial score (nSPS) is 14.4. The average Bonchev–Trinajstić information content (AvgIpc) is 3.01. The number of hydrogen-bond acceptors (Lipinski definition) is 9. The molecule has 154 valence electrons. The molecule has 2 rings (SSSR count). The molecule has 0 unspecified atom stereocenters. The van der Waals surface area contributed by atoms with E-state index in [1.54, 1.807) is 0 Å². The molecule has 2 aromatic rings. The summed E-state index contributed by atoms with van der Waals surface area (Å²) < 4.78 is 55.9. The van der Waals surface area contributed by atoms with E-state index in [1.165, 1.54) is 24.5 Å². The van der Waals surface area contributed by atoms with E-state index >= 15 is 0 Å². The Morgan fingerprint density at radius 1 is 1.32 bits per heavy atom. The molecule has 1 aromatic heterocycles. The van der Waals surface area contributed by atoms with Crippen LogP contribution in [0.5, 0.6) is 0 Å². The molecule has 0 amide bonds. The highest BCUT2D eigenvalue weighted by Crippen LogP contribution is 2.21. The molecule has 0 aliphatic heterocycles.